The third-order valence-corrected chi connectivity index (χ3v) is 5.05. The first kappa shape index (κ1) is 22.0. The maximum Gasteiger partial charge on any atom is 0.261 e. The summed E-state index contributed by atoms with van der Waals surface area (Å²) >= 11 is 3.37. The number of amides is 1. The highest BCUT2D eigenvalue weighted by molar-refractivity contribution is 9.10. The van der Waals surface area contributed by atoms with E-state index in [1.807, 2.05) is 44.4 Å². The zero-order valence-corrected chi connectivity index (χ0v) is 18.7. The molecule has 0 fully saturated rings. The summed E-state index contributed by atoms with van der Waals surface area (Å²) in [4.78, 5) is 31.2. The molecule has 0 aliphatic carbocycles. The highest BCUT2D eigenvalue weighted by atomic mass is 79.9. The van der Waals surface area contributed by atoms with Gasteiger partial charge >= 0.3 is 0 Å². The van der Waals surface area contributed by atoms with Gasteiger partial charge in [0.1, 0.15) is 12.4 Å². The van der Waals surface area contributed by atoms with E-state index in [9.17, 15) is 9.59 Å². The normalized spacial score (nSPS) is 11.1. The molecule has 0 aliphatic heterocycles. The van der Waals surface area contributed by atoms with E-state index in [-0.39, 0.29) is 24.4 Å². The van der Waals surface area contributed by atoms with Gasteiger partial charge in [-0.15, -0.1) is 0 Å². The average Bonchev–Trinajstić information content (AvgIpc) is 2.72. The molecule has 0 spiro atoms. The SMILES string of the molecule is CN(C)CCOc1cccc(CNC(=O)CCn2cnc3ccc(Br)cc3c2=O)c1. The average molecular weight is 473 g/mol. The Hall–Kier alpha value is -2.71. The van der Waals surface area contributed by atoms with Gasteiger partial charge in [-0.2, -0.15) is 0 Å². The summed E-state index contributed by atoms with van der Waals surface area (Å²) in [6, 6.07) is 13.0. The fraction of sp³-hybridized carbons (Fsp3) is 0.318. The molecule has 7 nitrogen and oxygen atoms in total. The molecule has 0 bridgehead atoms. The van der Waals surface area contributed by atoms with Crippen molar-refractivity contribution < 1.29 is 9.53 Å². The topological polar surface area (TPSA) is 76.5 Å². The van der Waals surface area contributed by atoms with E-state index in [4.69, 9.17) is 4.74 Å². The van der Waals surface area contributed by atoms with Gasteiger partial charge in [-0.1, -0.05) is 28.1 Å². The lowest BCUT2D eigenvalue weighted by atomic mass is 10.2. The number of carbonyl (C=O) groups is 1. The third-order valence-electron chi connectivity index (χ3n) is 4.56. The number of aryl methyl sites for hydroxylation is 1. The Kier molecular flexibility index (Phi) is 7.59. The van der Waals surface area contributed by atoms with Crippen LogP contribution in [0, 0.1) is 0 Å². The first-order valence-corrected chi connectivity index (χ1v) is 10.5. The van der Waals surface area contributed by atoms with E-state index >= 15 is 0 Å². The Morgan fingerprint density at radius 1 is 1.23 bits per heavy atom. The van der Waals surface area contributed by atoms with E-state index in [0.717, 1.165) is 22.3 Å². The Morgan fingerprint density at radius 2 is 2.07 bits per heavy atom. The first-order chi connectivity index (χ1) is 14.4. The maximum atomic E-state index is 12.6. The van der Waals surface area contributed by atoms with Crippen molar-refractivity contribution in [3.8, 4) is 5.75 Å². The number of halogens is 1. The Morgan fingerprint density at radius 3 is 2.87 bits per heavy atom. The first-order valence-electron chi connectivity index (χ1n) is 9.70. The summed E-state index contributed by atoms with van der Waals surface area (Å²) in [7, 11) is 3.99. The molecule has 3 aromatic rings. The van der Waals surface area contributed by atoms with Crippen LogP contribution in [-0.4, -0.2) is 47.6 Å². The number of fused-ring (bicyclic) bond motifs is 1. The van der Waals surface area contributed by atoms with Crippen molar-refractivity contribution in [1.82, 2.24) is 19.8 Å². The predicted octanol–water partition coefficient (Wildman–Crippen LogP) is 2.81. The molecule has 3 rings (SSSR count). The number of hydrogen-bond acceptors (Lipinski definition) is 5. The lowest BCUT2D eigenvalue weighted by Crippen LogP contribution is -2.27. The van der Waals surface area contributed by atoms with E-state index in [2.05, 4.69) is 31.1 Å². The summed E-state index contributed by atoms with van der Waals surface area (Å²) in [5, 5.41) is 3.42. The van der Waals surface area contributed by atoms with Crippen LogP contribution in [0.2, 0.25) is 0 Å². The van der Waals surface area contributed by atoms with Crippen molar-refractivity contribution in [2.75, 3.05) is 27.2 Å². The summed E-state index contributed by atoms with van der Waals surface area (Å²) in [6.07, 6.45) is 1.68. The number of hydrogen-bond donors (Lipinski definition) is 1. The minimum Gasteiger partial charge on any atom is -0.492 e. The van der Waals surface area contributed by atoms with Crippen LogP contribution >= 0.6 is 15.9 Å². The van der Waals surface area contributed by atoms with Gasteiger partial charge in [-0.25, -0.2) is 4.98 Å². The van der Waals surface area contributed by atoms with Gasteiger partial charge in [-0.3, -0.25) is 14.2 Å². The number of rotatable bonds is 9. The minimum atomic E-state index is -0.156. The highest BCUT2D eigenvalue weighted by Gasteiger charge is 2.08. The fourth-order valence-electron chi connectivity index (χ4n) is 2.89. The minimum absolute atomic E-state index is 0.129. The molecule has 0 atom stereocenters. The molecule has 8 heteroatoms. The number of nitrogens with zero attached hydrogens (tertiary/aromatic N) is 3. The van der Waals surface area contributed by atoms with Crippen molar-refractivity contribution in [3.63, 3.8) is 0 Å². The smallest absolute Gasteiger partial charge is 0.261 e. The molecule has 0 saturated heterocycles. The summed E-state index contributed by atoms with van der Waals surface area (Å²) in [5.74, 6) is 0.652. The van der Waals surface area contributed by atoms with E-state index in [0.29, 0.717) is 24.1 Å². The molecule has 0 saturated carbocycles. The molecular formula is C22H25BrN4O3. The molecule has 2 aromatic carbocycles. The molecule has 1 N–H and O–H groups in total. The summed E-state index contributed by atoms with van der Waals surface area (Å²) in [6.45, 7) is 2.12. The van der Waals surface area contributed by atoms with Crippen LogP contribution in [0.4, 0.5) is 0 Å². The standard InChI is InChI=1S/C22H25BrN4O3/c1-26(2)10-11-30-18-5-3-4-16(12-18)14-24-21(28)8-9-27-15-25-20-7-6-17(23)13-19(20)22(27)29/h3-7,12-13,15H,8-11,14H2,1-2H3,(H,24,28). The molecular weight excluding hydrogens is 448 g/mol. The fourth-order valence-corrected chi connectivity index (χ4v) is 3.25. The Bertz CT molecular complexity index is 1080. The largest absolute Gasteiger partial charge is 0.492 e. The van der Waals surface area contributed by atoms with Crippen LogP contribution in [0.25, 0.3) is 10.9 Å². The summed E-state index contributed by atoms with van der Waals surface area (Å²) in [5.41, 5.74) is 1.44. The number of ether oxygens (including phenoxy) is 1. The second-order valence-corrected chi connectivity index (χ2v) is 8.15. The lowest BCUT2D eigenvalue weighted by Gasteiger charge is -2.12. The third kappa shape index (κ3) is 6.14. The number of nitrogens with one attached hydrogen (secondary N) is 1. The second-order valence-electron chi connectivity index (χ2n) is 7.23. The molecule has 1 heterocycles. The van der Waals surface area contributed by atoms with E-state index < -0.39 is 0 Å². The van der Waals surface area contributed by atoms with E-state index in [1.54, 1.807) is 12.1 Å². The van der Waals surface area contributed by atoms with Crippen molar-refractivity contribution in [2.45, 2.75) is 19.5 Å². The van der Waals surface area contributed by atoms with Gasteiger partial charge in [0.2, 0.25) is 5.91 Å². The van der Waals surface area contributed by atoms with Crippen LogP contribution in [0.3, 0.4) is 0 Å². The summed E-state index contributed by atoms with van der Waals surface area (Å²) < 4.78 is 8.01. The predicted molar refractivity (Wildman–Crippen MR) is 121 cm³/mol. The van der Waals surface area contributed by atoms with Gasteiger partial charge < -0.3 is 15.0 Å². The zero-order valence-electron chi connectivity index (χ0n) is 17.1. The van der Waals surface area contributed by atoms with Crippen LogP contribution in [0.15, 0.2) is 58.1 Å². The highest BCUT2D eigenvalue weighted by Crippen LogP contribution is 2.15. The monoisotopic (exact) mass is 472 g/mol. The lowest BCUT2D eigenvalue weighted by molar-refractivity contribution is -0.121. The van der Waals surface area contributed by atoms with Gasteiger partial charge in [0, 0.05) is 30.5 Å². The van der Waals surface area contributed by atoms with Gasteiger partial charge in [-0.05, 0) is 50.0 Å². The van der Waals surface area contributed by atoms with Gasteiger partial charge in [0.05, 0.1) is 17.2 Å². The number of aromatic nitrogens is 2. The Balaban J connectivity index is 1.52. The zero-order chi connectivity index (χ0) is 21.5. The van der Waals surface area contributed by atoms with Crippen molar-refractivity contribution in [3.05, 3.63) is 69.2 Å². The quantitative estimate of drug-likeness (QED) is 0.518. The molecule has 0 unspecified atom stereocenters. The number of carbonyl (C=O) groups excluding carboxylic acids is 1. The van der Waals surface area contributed by atoms with Gasteiger partial charge in [0.15, 0.2) is 0 Å². The van der Waals surface area contributed by atoms with Crippen LogP contribution in [0.5, 0.6) is 5.75 Å². The molecule has 0 aliphatic rings. The van der Waals surface area contributed by atoms with Gasteiger partial charge in [0.25, 0.3) is 5.56 Å². The van der Waals surface area contributed by atoms with Crippen LogP contribution < -0.4 is 15.6 Å². The molecule has 30 heavy (non-hydrogen) atoms. The second kappa shape index (κ2) is 10.4. The molecule has 0 radical (unpaired) electrons. The maximum absolute atomic E-state index is 12.6. The van der Waals surface area contributed by atoms with E-state index in [1.165, 1.54) is 10.9 Å². The van der Waals surface area contributed by atoms with Crippen LogP contribution in [-0.2, 0) is 17.9 Å². The Labute approximate surface area is 183 Å². The number of benzene rings is 2. The van der Waals surface area contributed by atoms with Crippen LogP contribution in [0.1, 0.15) is 12.0 Å². The molecule has 1 aromatic heterocycles. The van der Waals surface area contributed by atoms with Crippen molar-refractivity contribution >= 4 is 32.7 Å². The van der Waals surface area contributed by atoms with Crippen molar-refractivity contribution in [1.29, 1.82) is 0 Å². The van der Waals surface area contributed by atoms with Crippen molar-refractivity contribution in [2.24, 2.45) is 0 Å². The molecule has 1 amide bonds. The molecule has 158 valence electrons. The number of likely N-dealkylation sites (N-methyl/N-ethyl adjacent to an activating group) is 1.